The summed E-state index contributed by atoms with van der Waals surface area (Å²) in [5.41, 5.74) is -1.32. The normalized spacial score (nSPS) is 18.2. The molecule has 0 aliphatic rings. The molecule has 152 valence electrons. The molecule has 25 heavy (non-hydrogen) atoms. The van der Waals surface area contributed by atoms with Crippen LogP contribution < -0.4 is 0 Å². The van der Waals surface area contributed by atoms with Crippen LogP contribution in [0.4, 0.5) is 0 Å². The van der Waals surface area contributed by atoms with Crippen molar-refractivity contribution in [1.29, 1.82) is 0 Å². The summed E-state index contributed by atoms with van der Waals surface area (Å²) in [6.45, 7) is 16.8. The van der Waals surface area contributed by atoms with Gasteiger partial charge in [-0.3, -0.25) is 0 Å². The summed E-state index contributed by atoms with van der Waals surface area (Å²) in [4.78, 5) is 22.4. The van der Waals surface area contributed by atoms with Crippen LogP contribution in [0.2, 0.25) is 0 Å². The first kappa shape index (κ1) is 24.8. The lowest BCUT2D eigenvalue weighted by atomic mass is 10.0. The Morgan fingerprint density at radius 1 is 0.680 bits per heavy atom. The van der Waals surface area contributed by atoms with Gasteiger partial charge < -0.3 is 10.2 Å². The van der Waals surface area contributed by atoms with Crippen molar-refractivity contribution >= 4 is 0 Å². The molecule has 0 spiro atoms. The Bertz CT molecular complexity index is 337. The average Bonchev–Trinajstić information content (AvgIpc) is 2.39. The summed E-state index contributed by atoms with van der Waals surface area (Å²) in [6, 6.07) is 0. The Morgan fingerprint density at radius 2 is 1.04 bits per heavy atom. The van der Waals surface area contributed by atoms with E-state index in [1.807, 2.05) is 27.7 Å². The molecule has 0 aromatic carbocycles. The van der Waals surface area contributed by atoms with E-state index in [1.54, 1.807) is 20.8 Å². The molecular weight excluding hydrogens is 324 g/mol. The molecule has 2 unspecified atom stereocenters. The van der Waals surface area contributed by atoms with Gasteiger partial charge in [0, 0.05) is 19.3 Å². The van der Waals surface area contributed by atoms with Gasteiger partial charge in [0.05, 0.1) is 12.2 Å². The maximum atomic E-state index is 9.57. The van der Waals surface area contributed by atoms with Crippen molar-refractivity contribution in [2.75, 3.05) is 0 Å². The van der Waals surface area contributed by atoms with Crippen LogP contribution in [0.5, 0.6) is 0 Å². The molecule has 0 amide bonds. The molecule has 2 N–H and O–H groups in total. The average molecular weight is 365 g/mol. The van der Waals surface area contributed by atoms with Crippen molar-refractivity contribution in [1.82, 2.24) is 0 Å². The summed E-state index contributed by atoms with van der Waals surface area (Å²) in [5, 5.41) is 19.1. The van der Waals surface area contributed by atoms with Crippen molar-refractivity contribution in [3.05, 3.63) is 0 Å². The number of aliphatic hydroxyl groups excluding tert-OH is 2. The molecule has 0 aromatic rings. The molecule has 0 rings (SSSR count). The first-order chi connectivity index (χ1) is 11.2. The number of hydrogen-bond acceptors (Lipinski definition) is 6. The first-order valence-corrected chi connectivity index (χ1v) is 9.26. The molecule has 0 radical (unpaired) electrons. The van der Waals surface area contributed by atoms with Crippen LogP contribution in [-0.2, 0) is 19.6 Å². The van der Waals surface area contributed by atoms with Crippen LogP contribution in [0.25, 0.3) is 0 Å². The van der Waals surface area contributed by atoms with Gasteiger partial charge in [0.1, 0.15) is 11.2 Å². The summed E-state index contributed by atoms with van der Waals surface area (Å²) < 4.78 is 0. The topological polar surface area (TPSA) is 77.4 Å². The lowest BCUT2D eigenvalue weighted by molar-refractivity contribution is -0.541. The van der Waals surface area contributed by atoms with E-state index in [1.165, 1.54) is 0 Å². The maximum Gasteiger partial charge on any atom is 0.231 e. The van der Waals surface area contributed by atoms with E-state index in [0.717, 1.165) is 6.42 Å². The maximum absolute atomic E-state index is 9.57. The van der Waals surface area contributed by atoms with Crippen LogP contribution in [0.3, 0.4) is 0 Å². The summed E-state index contributed by atoms with van der Waals surface area (Å²) >= 11 is 0. The highest BCUT2D eigenvalue weighted by molar-refractivity contribution is 4.72. The third-order valence-electron chi connectivity index (χ3n) is 3.64. The molecule has 0 heterocycles. The smallest absolute Gasteiger partial charge is 0.231 e. The van der Waals surface area contributed by atoms with E-state index in [0.29, 0.717) is 25.2 Å². The van der Waals surface area contributed by atoms with Gasteiger partial charge in [-0.05, 0) is 60.8 Å². The van der Waals surface area contributed by atoms with Gasteiger partial charge in [-0.2, -0.15) is 9.78 Å². The molecule has 0 saturated heterocycles. The second-order valence-electron chi connectivity index (χ2n) is 9.03. The van der Waals surface area contributed by atoms with Crippen molar-refractivity contribution in [2.45, 2.75) is 117 Å². The van der Waals surface area contributed by atoms with Gasteiger partial charge in [0.2, 0.25) is 5.79 Å². The minimum atomic E-state index is -1.09. The summed E-state index contributed by atoms with van der Waals surface area (Å²) in [7, 11) is 0. The van der Waals surface area contributed by atoms with Gasteiger partial charge in [-0.15, -0.1) is 0 Å². The SMILES string of the molecule is CC(C)CCC(C)(OOC(C)(C)CC(C)O)OOC(C)(C)CC(C)O. The molecule has 0 saturated carbocycles. The summed E-state index contributed by atoms with van der Waals surface area (Å²) in [6.07, 6.45) is 1.32. The van der Waals surface area contributed by atoms with E-state index in [4.69, 9.17) is 19.6 Å². The van der Waals surface area contributed by atoms with E-state index in [2.05, 4.69) is 13.8 Å². The van der Waals surface area contributed by atoms with Crippen molar-refractivity contribution < 1.29 is 29.8 Å². The molecule has 0 aliphatic carbocycles. The number of aliphatic hydroxyl groups is 2. The molecule has 0 bridgehead atoms. The highest BCUT2D eigenvalue weighted by Gasteiger charge is 2.36. The quantitative estimate of drug-likeness (QED) is 0.291. The van der Waals surface area contributed by atoms with Crippen LogP contribution in [0, 0.1) is 5.92 Å². The molecule has 0 aliphatic heterocycles. The highest BCUT2D eigenvalue weighted by atomic mass is 17.3. The third-order valence-corrected chi connectivity index (χ3v) is 3.64. The second-order valence-corrected chi connectivity index (χ2v) is 9.03. The van der Waals surface area contributed by atoms with Gasteiger partial charge in [0.25, 0.3) is 0 Å². The van der Waals surface area contributed by atoms with Crippen molar-refractivity contribution in [3.63, 3.8) is 0 Å². The summed E-state index contributed by atoms with van der Waals surface area (Å²) in [5.74, 6) is -0.613. The van der Waals surface area contributed by atoms with Crippen LogP contribution in [0.1, 0.15) is 88.0 Å². The number of hydrogen-bond donors (Lipinski definition) is 2. The zero-order chi connectivity index (χ0) is 19.9. The Kier molecular flexibility index (Phi) is 10.1. The fourth-order valence-corrected chi connectivity index (χ4v) is 2.54. The highest BCUT2D eigenvalue weighted by Crippen LogP contribution is 2.29. The standard InChI is InChI=1S/C19H40O6/c1-14(2)10-11-19(9,24-22-17(5,6)12-15(3)20)25-23-18(7,8)13-16(4)21/h14-16,20-21H,10-13H2,1-9H3. The van der Waals surface area contributed by atoms with E-state index in [-0.39, 0.29) is 0 Å². The van der Waals surface area contributed by atoms with Gasteiger partial charge >= 0.3 is 0 Å². The Morgan fingerprint density at radius 3 is 1.32 bits per heavy atom. The largest absolute Gasteiger partial charge is 0.393 e. The zero-order valence-electron chi connectivity index (χ0n) is 17.6. The second kappa shape index (κ2) is 10.2. The van der Waals surface area contributed by atoms with Gasteiger partial charge in [0.15, 0.2) is 0 Å². The fourth-order valence-electron chi connectivity index (χ4n) is 2.54. The number of rotatable bonds is 13. The Hall–Kier alpha value is -0.240. The van der Waals surface area contributed by atoms with Crippen LogP contribution >= 0.6 is 0 Å². The Labute approximate surface area is 153 Å². The molecule has 6 nitrogen and oxygen atoms in total. The van der Waals surface area contributed by atoms with E-state index in [9.17, 15) is 10.2 Å². The predicted octanol–water partition coefficient (Wildman–Crippen LogP) is 4.13. The van der Waals surface area contributed by atoms with Crippen LogP contribution in [0.15, 0.2) is 0 Å². The third kappa shape index (κ3) is 12.7. The van der Waals surface area contributed by atoms with E-state index < -0.39 is 29.2 Å². The van der Waals surface area contributed by atoms with E-state index >= 15 is 0 Å². The minimum Gasteiger partial charge on any atom is -0.393 e. The van der Waals surface area contributed by atoms with Crippen molar-refractivity contribution in [2.24, 2.45) is 5.92 Å². The molecule has 0 aromatic heterocycles. The zero-order valence-corrected chi connectivity index (χ0v) is 17.6. The lowest BCUT2D eigenvalue weighted by Gasteiger charge is -2.35. The Balaban J connectivity index is 4.87. The minimum absolute atomic E-state index is 0.432. The molecule has 2 atom stereocenters. The molecule has 6 heteroatoms. The molecular formula is C19H40O6. The predicted molar refractivity (Wildman–Crippen MR) is 97.6 cm³/mol. The van der Waals surface area contributed by atoms with Crippen molar-refractivity contribution in [3.8, 4) is 0 Å². The van der Waals surface area contributed by atoms with Gasteiger partial charge in [-0.1, -0.05) is 13.8 Å². The molecule has 0 fully saturated rings. The first-order valence-electron chi connectivity index (χ1n) is 9.26. The van der Waals surface area contributed by atoms with Gasteiger partial charge in [-0.25, -0.2) is 9.78 Å². The van der Waals surface area contributed by atoms with Crippen LogP contribution in [-0.4, -0.2) is 39.4 Å². The monoisotopic (exact) mass is 364 g/mol. The lowest BCUT2D eigenvalue weighted by Crippen LogP contribution is -2.41. The fraction of sp³-hybridized carbons (Fsp3) is 1.00.